The van der Waals surface area contributed by atoms with Crippen LogP contribution in [0.4, 0.5) is 0 Å². The van der Waals surface area contributed by atoms with E-state index in [9.17, 15) is 0 Å². The maximum absolute atomic E-state index is 3.89. The number of rotatable bonds is 6. The standard InChI is InChI=1S/C15H26/c1-3-5-6-7-8-9-15-12-10-14(4-2)11-13-15/h4,6-7,14-15H,2-3,5,8-13H2,1H3/b7-6+. The quantitative estimate of drug-likeness (QED) is 0.529. The van der Waals surface area contributed by atoms with Gasteiger partial charge in [0, 0.05) is 0 Å². The summed E-state index contributed by atoms with van der Waals surface area (Å²) in [5.41, 5.74) is 0. The van der Waals surface area contributed by atoms with Gasteiger partial charge in [-0.1, -0.05) is 31.6 Å². The second-order valence-corrected chi connectivity index (χ2v) is 4.85. The molecule has 0 nitrogen and oxygen atoms in total. The first-order valence-electron chi connectivity index (χ1n) is 6.64. The van der Waals surface area contributed by atoms with E-state index in [0.717, 1.165) is 11.8 Å². The molecule has 0 aliphatic heterocycles. The van der Waals surface area contributed by atoms with Gasteiger partial charge in [-0.15, -0.1) is 6.58 Å². The van der Waals surface area contributed by atoms with Crippen LogP contribution in [0.5, 0.6) is 0 Å². The van der Waals surface area contributed by atoms with E-state index >= 15 is 0 Å². The highest BCUT2D eigenvalue weighted by atomic mass is 14.2. The summed E-state index contributed by atoms with van der Waals surface area (Å²) >= 11 is 0. The normalized spacial score (nSPS) is 27.0. The lowest BCUT2D eigenvalue weighted by atomic mass is 9.80. The Bertz CT molecular complexity index is 182. The van der Waals surface area contributed by atoms with Gasteiger partial charge in [-0.3, -0.25) is 0 Å². The van der Waals surface area contributed by atoms with Crippen molar-refractivity contribution in [3.05, 3.63) is 24.8 Å². The largest absolute Gasteiger partial charge is 0.103 e. The summed E-state index contributed by atoms with van der Waals surface area (Å²) in [5.74, 6) is 1.81. The predicted octanol–water partition coefficient (Wildman–Crippen LogP) is 5.12. The van der Waals surface area contributed by atoms with Crippen LogP contribution in [0.3, 0.4) is 0 Å². The molecule has 0 aromatic rings. The van der Waals surface area contributed by atoms with Crippen molar-refractivity contribution in [3.8, 4) is 0 Å². The van der Waals surface area contributed by atoms with Gasteiger partial charge in [-0.25, -0.2) is 0 Å². The third-order valence-electron chi connectivity index (χ3n) is 3.59. The Labute approximate surface area is 95.5 Å². The second kappa shape index (κ2) is 7.73. The molecule has 0 heterocycles. The van der Waals surface area contributed by atoms with Crippen molar-refractivity contribution in [3.63, 3.8) is 0 Å². The van der Waals surface area contributed by atoms with Gasteiger partial charge in [0.25, 0.3) is 0 Å². The Balaban J connectivity index is 2.05. The van der Waals surface area contributed by atoms with E-state index in [-0.39, 0.29) is 0 Å². The molecule has 1 rings (SSSR count). The average molecular weight is 206 g/mol. The molecule has 86 valence electrons. The highest BCUT2D eigenvalue weighted by Crippen LogP contribution is 2.31. The van der Waals surface area contributed by atoms with Gasteiger partial charge in [0.15, 0.2) is 0 Å². The van der Waals surface area contributed by atoms with Crippen molar-refractivity contribution < 1.29 is 0 Å². The lowest BCUT2D eigenvalue weighted by molar-refractivity contribution is 0.297. The zero-order chi connectivity index (χ0) is 10.9. The highest BCUT2D eigenvalue weighted by molar-refractivity contribution is 4.86. The number of hydrogen-bond acceptors (Lipinski definition) is 0. The highest BCUT2D eigenvalue weighted by Gasteiger charge is 2.17. The van der Waals surface area contributed by atoms with Gasteiger partial charge < -0.3 is 0 Å². The van der Waals surface area contributed by atoms with Crippen molar-refractivity contribution in [2.45, 2.75) is 58.3 Å². The van der Waals surface area contributed by atoms with E-state index in [2.05, 4.69) is 31.7 Å². The summed E-state index contributed by atoms with van der Waals surface area (Å²) in [6.45, 7) is 6.13. The van der Waals surface area contributed by atoms with Gasteiger partial charge in [0.1, 0.15) is 0 Å². The molecule has 0 saturated heterocycles. The Morgan fingerprint density at radius 3 is 2.33 bits per heavy atom. The summed E-state index contributed by atoms with van der Waals surface area (Å²) in [6.07, 6.45) is 17.7. The Kier molecular flexibility index (Phi) is 6.47. The first-order chi connectivity index (χ1) is 7.36. The number of allylic oxidation sites excluding steroid dienone is 3. The molecule has 1 saturated carbocycles. The predicted molar refractivity (Wildman–Crippen MR) is 68.9 cm³/mol. The smallest absolute Gasteiger partial charge is 0.0236 e. The maximum atomic E-state index is 3.89. The molecule has 0 unspecified atom stereocenters. The van der Waals surface area contributed by atoms with E-state index in [4.69, 9.17) is 0 Å². The second-order valence-electron chi connectivity index (χ2n) is 4.85. The van der Waals surface area contributed by atoms with Crippen molar-refractivity contribution in [2.24, 2.45) is 11.8 Å². The molecule has 0 spiro atoms. The van der Waals surface area contributed by atoms with Gasteiger partial charge in [-0.2, -0.15) is 0 Å². The van der Waals surface area contributed by atoms with Crippen LogP contribution in [0.1, 0.15) is 58.3 Å². The fraction of sp³-hybridized carbons (Fsp3) is 0.733. The van der Waals surface area contributed by atoms with E-state index < -0.39 is 0 Å². The molecule has 0 N–H and O–H groups in total. The van der Waals surface area contributed by atoms with Crippen molar-refractivity contribution >= 4 is 0 Å². The molecule has 15 heavy (non-hydrogen) atoms. The van der Waals surface area contributed by atoms with Crippen molar-refractivity contribution in [1.82, 2.24) is 0 Å². The van der Waals surface area contributed by atoms with Gasteiger partial charge in [0.2, 0.25) is 0 Å². The van der Waals surface area contributed by atoms with Gasteiger partial charge >= 0.3 is 0 Å². The lowest BCUT2D eigenvalue weighted by Crippen LogP contribution is -2.12. The van der Waals surface area contributed by atoms with E-state index in [1.807, 2.05) is 0 Å². The Morgan fingerprint density at radius 1 is 1.07 bits per heavy atom. The number of unbranched alkanes of at least 4 members (excludes halogenated alkanes) is 1. The zero-order valence-corrected chi connectivity index (χ0v) is 10.3. The minimum absolute atomic E-state index is 0.817. The fourth-order valence-corrected chi connectivity index (χ4v) is 2.45. The van der Waals surface area contributed by atoms with Crippen LogP contribution in [0.25, 0.3) is 0 Å². The zero-order valence-electron chi connectivity index (χ0n) is 10.3. The fourth-order valence-electron chi connectivity index (χ4n) is 2.45. The molecular formula is C15H26. The van der Waals surface area contributed by atoms with Crippen LogP contribution in [0, 0.1) is 11.8 Å². The average Bonchev–Trinajstić information content (AvgIpc) is 2.30. The summed E-state index contributed by atoms with van der Waals surface area (Å²) in [5, 5.41) is 0. The third kappa shape index (κ3) is 5.20. The minimum Gasteiger partial charge on any atom is -0.103 e. The molecule has 1 aliphatic carbocycles. The van der Waals surface area contributed by atoms with E-state index in [1.54, 1.807) is 0 Å². The summed E-state index contributed by atoms with van der Waals surface area (Å²) in [7, 11) is 0. The first-order valence-corrected chi connectivity index (χ1v) is 6.64. The number of hydrogen-bond donors (Lipinski definition) is 0. The van der Waals surface area contributed by atoms with Crippen LogP contribution >= 0.6 is 0 Å². The third-order valence-corrected chi connectivity index (χ3v) is 3.59. The summed E-state index contributed by atoms with van der Waals surface area (Å²) in [4.78, 5) is 0. The van der Waals surface area contributed by atoms with Gasteiger partial charge in [-0.05, 0) is 56.8 Å². The van der Waals surface area contributed by atoms with Crippen LogP contribution in [0.2, 0.25) is 0 Å². The summed E-state index contributed by atoms with van der Waals surface area (Å²) < 4.78 is 0. The minimum atomic E-state index is 0.817. The monoisotopic (exact) mass is 206 g/mol. The molecule has 0 heteroatoms. The molecular weight excluding hydrogens is 180 g/mol. The maximum Gasteiger partial charge on any atom is -0.0236 e. The Hall–Kier alpha value is -0.520. The molecule has 1 fully saturated rings. The molecule has 1 aliphatic rings. The van der Waals surface area contributed by atoms with Crippen LogP contribution in [0.15, 0.2) is 24.8 Å². The Morgan fingerprint density at radius 2 is 1.73 bits per heavy atom. The first kappa shape index (κ1) is 12.5. The van der Waals surface area contributed by atoms with Crippen LogP contribution in [-0.4, -0.2) is 0 Å². The topological polar surface area (TPSA) is 0 Å². The molecule has 0 radical (unpaired) electrons. The lowest BCUT2D eigenvalue weighted by Gasteiger charge is -2.26. The van der Waals surface area contributed by atoms with E-state index in [1.165, 1.54) is 51.4 Å². The molecule has 0 bridgehead atoms. The summed E-state index contributed by atoms with van der Waals surface area (Å²) in [6, 6.07) is 0. The van der Waals surface area contributed by atoms with Crippen molar-refractivity contribution in [2.75, 3.05) is 0 Å². The van der Waals surface area contributed by atoms with Crippen molar-refractivity contribution in [1.29, 1.82) is 0 Å². The molecule has 0 aromatic heterocycles. The van der Waals surface area contributed by atoms with E-state index in [0.29, 0.717) is 0 Å². The SMILES string of the molecule is C=CC1CCC(CC/C=C/CCC)CC1. The molecule has 0 atom stereocenters. The van der Waals surface area contributed by atoms with Gasteiger partial charge in [0.05, 0.1) is 0 Å². The van der Waals surface area contributed by atoms with Crippen LogP contribution in [-0.2, 0) is 0 Å². The molecule has 0 aromatic carbocycles. The molecule has 0 amide bonds. The van der Waals surface area contributed by atoms with Crippen LogP contribution < -0.4 is 0 Å².